The van der Waals surface area contributed by atoms with E-state index in [1.54, 1.807) is 13.8 Å². The minimum absolute atomic E-state index is 0.0102. The summed E-state index contributed by atoms with van der Waals surface area (Å²) in [4.78, 5) is 12.9. The molecule has 2 N–H and O–H groups in total. The summed E-state index contributed by atoms with van der Waals surface area (Å²) in [5, 5.41) is 2.74. The molecule has 0 bridgehead atoms. The van der Waals surface area contributed by atoms with E-state index in [0.717, 1.165) is 0 Å². The predicted octanol–water partition coefficient (Wildman–Crippen LogP) is 2.70. The van der Waals surface area contributed by atoms with Crippen molar-refractivity contribution in [2.75, 3.05) is 25.5 Å². The first-order valence-corrected chi connectivity index (χ1v) is 14.2. The highest BCUT2D eigenvalue weighted by atomic mass is 32.2. The summed E-state index contributed by atoms with van der Waals surface area (Å²) in [6.45, 7) is 3.75. The van der Waals surface area contributed by atoms with Crippen molar-refractivity contribution in [1.29, 1.82) is 0 Å². The Kier molecular flexibility index (Phi) is 8.52. The molecule has 0 aliphatic carbocycles. The molecule has 1 amide bonds. The van der Waals surface area contributed by atoms with Crippen molar-refractivity contribution in [3.8, 4) is 5.75 Å². The number of piperidine rings is 1. The fraction of sp³-hybridized carbons (Fsp3) is 0.435. The van der Waals surface area contributed by atoms with E-state index in [9.17, 15) is 26.0 Å². The fourth-order valence-corrected chi connectivity index (χ4v) is 6.68. The molecule has 12 heteroatoms. The predicted molar refractivity (Wildman–Crippen MR) is 130 cm³/mol. The SMILES string of the molecule is COc1ccc(S(=O)(=O)NC(C)C)cc1NC(=O)C1CCN(S(=O)(=O)Cc2ccc(F)cc2)CC1. The van der Waals surface area contributed by atoms with Crippen LogP contribution < -0.4 is 14.8 Å². The number of nitrogens with zero attached hydrogens (tertiary/aromatic N) is 1. The molecule has 0 spiro atoms. The van der Waals surface area contributed by atoms with Crippen LogP contribution in [0.15, 0.2) is 47.4 Å². The minimum atomic E-state index is -3.77. The van der Waals surface area contributed by atoms with Gasteiger partial charge in [0.1, 0.15) is 11.6 Å². The lowest BCUT2D eigenvalue weighted by Gasteiger charge is -2.30. The van der Waals surface area contributed by atoms with Gasteiger partial charge in [-0.1, -0.05) is 12.1 Å². The quantitative estimate of drug-likeness (QED) is 0.517. The summed E-state index contributed by atoms with van der Waals surface area (Å²) in [6, 6.07) is 9.20. The van der Waals surface area contributed by atoms with Gasteiger partial charge in [-0.05, 0) is 62.6 Å². The second kappa shape index (κ2) is 11.0. The molecule has 0 aromatic heterocycles. The van der Waals surface area contributed by atoms with Gasteiger partial charge in [-0.15, -0.1) is 0 Å². The van der Waals surface area contributed by atoms with Crippen molar-refractivity contribution in [3.05, 3.63) is 53.8 Å². The zero-order valence-electron chi connectivity index (χ0n) is 19.8. The van der Waals surface area contributed by atoms with Gasteiger partial charge >= 0.3 is 0 Å². The number of sulfonamides is 2. The van der Waals surface area contributed by atoms with Gasteiger partial charge in [-0.25, -0.2) is 30.3 Å². The Morgan fingerprint density at radius 3 is 2.29 bits per heavy atom. The molecule has 1 aliphatic rings. The van der Waals surface area contributed by atoms with Crippen LogP contribution in [-0.2, 0) is 30.6 Å². The highest BCUT2D eigenvalue weighted by Crippen LogP contribution is 2.30. The van der Waals surface area contributed by atoms with Crippen LogP contribution in [0.1, 0.15) is 32.3 Å². The van der Waals surface area contributed by atoms with E-state index in [2.05, 4.69) is 10.0 Å². The minimum Gasteiger partial charge on any atom is -0.495 e. The molecule has 192 valence electrons. The highest BCUT2D eigenvalue weighted by Gasteiger charge is 2.31. The van der Waals surface area contributed by atoms with Crippen LogP contribution in [0.25, 0.3) is 0 Å². The molecule has 35 heavy (non-hydrogen) atoms. The lowest BCUT2D eigenvalue weighted by Crippen LogP contribution is -2.41. The number of amides is 1. The van der Waals surface area contributed by atoms with E-state index in [0.29, 0.717) is 24.2 Å². The lowest BCUT2D eigenvalue weighted by molar-refractivity contribution is -0.120. The number of anilines is 1. The van der Waals surface area contributed by atoms with Gasteiger partial charge in [0.15, 0.2) is 0 Å². The standard InChI is InChI=1S/C23H30FN3O6S2/c1-16(2)26-35(31,32)20-8-9-22(33-3)21(14-20)25-23(28)18-10-12-27(13-11-18)34(29,30)15-17-4-6-19(24)7-5-17/h4-9,14,16,18,26H,10-13,15H2,1-3H3,(H,25,28). The number of ether oxygens (including phenoxy) is 1. The van der Waals surface area contributed by atoms with E-state index < -0.39 is 31.8 Å². The van der Waals surface area contributed by atoms with Gasteiger partial charge in [-0.3, -0.25) is 4.79 Å². The molecule has 1 saturated heterocycles. The summed E-state index contributed by atoms with van der Waals surface area (Å²) >= 11 is 0. The Bertz CT molecular complexity index is 1260. The third-order valence-electron chi connectivity index (χ3n) is 5.61. The third-order valence-corrected chi connectivity index (χ3v) is 9.12. The topological polar surface area (TPSA) is 122 Å². The highest BCUT2D eigenvalue weighted by molar-refractivity contribution is 7.89. The summed E-state index contributed by atoms with van der Waals surface area (Å²) in [5.41, 5.74) is 0.704. The average molecular weight is 528 g/mol. The Hall–Kier alpha value is -2.54. The third kappa shape index (κ3) is 7.00. The van der Waals surface area contributed by atoms with Crippen LogP contribution in [0.3, 0.4) is 0 Å². The number of halogens is 1. The van der Waals surface area contributed by atoms with Crippen LogP contribution in [0, 0.1) is 11.7 Å². The molecule has 1 aliphatic heterocycles. The molecule has 2 aromatic carbocycles. The number of benzene rings is 2. The van der Waals surface area contributed by atoms with Crippen molar-refractivity contribution >= 4 is 31.6 Å². The lowest BCUT2D eigenvalue weighted by atomic mass is 9.97. The normalized spacial score (nSPS) is 15.8. The van der Waals surface area contributed by atoms with Crippen LogP contribution in [0.4, 0.5) is 10.1 Å². The van der Waals surface area contributed by atoms with E-state index >= 15 is 0 Å². The summed E-state index contributed by atoms with van der Waals surface area (Å²) in [5.74, 6) is -1.17. The van der Waals surface area contributed by atoms with Crippen LogP contribution in [0.5, 0.6) is 5.75 Å². The first-order chi connectivity index (χ1) is 16.4. The van der Waals surface area contributed by atoms with Crippen molar-refractivity contribution in [3.63, 3.8) is 0 Å². The molecule has 0 saturated carbocycles. The summed E-state index contributed by atoms with van der Waals surface area (Å²) in [6.07, 6.45) is 0.618. The smallest absolute Gasteiger partial charge is 0.240 e. The van der Waals surface area contributed by atoms with E-state index in [-0.39, 0.29) is 41.4 Å². The number of hydrogen-bond donors (Lipinski definition) is 2. The average Bonchev–Trinajstić information content (AvgIpc) is 2.79. The maximum absolute atomic E-state index is 13.1. The zero-order valence-corrected chi connectivity index (χ0v) is 21.5. The number of nitrogens with one attached hydrogen (secondary N) is 2. The van der Waals surface area contributed by atoms with Gasteiger partial charge < -0.3 is 10.1 Å². The number of carbonyl (C=O) groups is 1. The second-order valence-electron chi connectivity index (χ2n) is 8.68. The Morgan fingerprint density at radius 2 is 1.71 bits per heavy atom. The molecule has 0 unspecified atom stereocenters. The Morgan fingerprint density at radius 1 is 1.09 bits per heavy atom. The molecule has 0 atom stereocenters. The first kappa shape index (κ1) is 27.1. The van der Waals surface area contributed by atoms with Gasteiger partial charge in [0, 0.05) is 25.0 Å². The first-order valence-electron chi connectivity index (χ1n) is 11.1. The van der Waals surface area contributed by atoms with Crippen molar-refractivity contribution in [2.45, 2.75) is 43.4 Å². The molecular formula is C23H30FN3O6S2. The number of hydrogen-bond acceptors (Lipinski definition) is 6. The fourth-order valence-electron chi connectivity index (χ4n) is 3.84. The van der Waals surface area contributed by atoms with Gasteiger partial charge in [-0.2, -0.15) is 0 Å². The Labute approximate surface area is 205 Å². The van der Waals surface area contributed by atoms with Crippen LogP contribution >= 0.6 is 0 Å². The maximum atomic E-state index is 13.1. The van der Waals surface area contributed by atoms with E-state index in [4.69, 9.17) is 4.74 Å². The molecule has 1 heterocycles. The zero-order chi connectivity index (χ0) is 25.8. The molecule has 1 fully saturated rings. The van der Waals surface area contributed by atoms with Crippen molar-refractivity contribution in [2.24, 2.45) is 5.92 Å². The van der Waals surface area contributed by atoms with Gasteiger partial charge in [0.2, 0.25) is 26.0 Å². The Balaban J connectivity index is 1.65. The number of rotatable bonds is 9. The van der Waals surface area contributed by atoms with Crippen LogP contribution in [-0.4, -0.2) is 53.3 Å². The second-order valence-corrected chi connectivity index (χ2v) is 12.4. The monoisotopic (exact) mass is 527 g/mol. The molecule has 0 radical (unpaired) electrons. The molecule has 2 aromatic rings. The van der Waals surface area contributed by atoms with E-state index in [1.165, 1.54) is 53.9 Å². The summed E-state index contributed by atoms with van der Waals surface area (Å²) in [7, 11) is -5.97. The van der Waals surface area contributed by atoms with Crippen molar-refractivity contribution in [1.82, 2.24) is 9.03 Å². The van der Waals surface area contributed by atoms with E-state index in [1.807, 2.05) is 0 Å². The molecular weight excluding hydrogens is 497 g/mol. The largest absolute Gasteiger partial charge is 0.495 e. The van der Waals surface area contributed by atoms with Crippen LogP contribution in [0.2, 0.25) is 0 Å². The number of carbonyl (C=O) groups excluding carboxylic acids is 1. The molecule has 9 nitrogen and oxygen atoms in total. The number of methoxy groups -OCH3 is 1. The summed E-state index contributed by atoms with van der Waals surface area (Å²) < 4.78 is 72.7. The van der Waals surface area contributed by atoms with Gasteiger partial charge in [0.05, 0.1) is 23.4 Å². The van der Waals surface area contributed by atoms with Gasteiger partial charge in [0.25, 0.3) is 0 Å². The molecule has 3 rings (SSSR count). The van der Waals surface area contributed by atoms with Crippen molar-refractivity contribution < 1.29 is 30.8 Å². The maximum Gasteiger partial charge on any atom is 0.240 e.